The second-order valence-electron chi connectivity index (χ2n) is 6.18. The molecule has 0 fully saturated rings. The number of hydrogen-bond acceptors (Lipinski definition) is 4. The standard InChI is InChI=1S/C21H24N2O3/c1-4-12-25-18-11-10-15(14-19(18)26-13-5-2)20-16-8-6-7-9-17(16)21(24)23(3)22-20/h6-11,14H,4-5,12-13H2,1-3H3. The van der Waals surface area contributed by atoms with Gasteiger partial charge in [-0.2, -0.15) is 5.10 Å². The van der Waals surface area contributed by atoms with Crippen molar-refractivity contribution in [3.05, 3.63) is 52.8 Å². The fourth-order valence-corrected chi connectivity index (χ4v) is 2.82. The Hall–Kier alpha value is -2.82. The number of rotatable bonds is 7. The summed E-state index contributed by atoms with van der Waals surface area (Å²) in [6.07, 6.45) is 1.85. The Balaban J connectivity index is 2.13. The van der Waals surface area contributed by atoms with E-state index in [4.69, 9.17) is 9.47 Å². The number of aromatic nitrogens is 2. The molecule has 0 N–H and O–H groups in total. The van der Waals surface area contributed by atoms with Crippen molar-refractivity contribution >= 4 is 10.8 Å². The molecule has 5 nitrogen and oxygen atoms in total. The summed E-state index contributed by atoms with van der Waals surface area (Å²) >= 11 is 0. The van der Waals surface area contributed by atoms with E-state index in [1.165, 1.54) is 4.68 Å². The van der Waals surface area contributed by atoms with Crippen molar-refractivity contribution in [2.24, 2.45) is 7.05 Å². The van der Waals surface area contributed by atoms with Gasteiger partial charge in [-0.15, -0.1) is 0 Å². The first-order chi connectivity index (χ1) is 12.7. The van der Waals surface area contributed by atoms with Gasteiger partial charge < -0.3 is 9.47 Å². The van der Waals surface area contributed by atoms with Gasteiger partial charge in [0.1, 0.15) is 0 Å². The zero-order valence-corrected chi connectivity index (χ0v) is 15.5. The van der Waals surface area contributed by atoms with E-state index in [9.17, 15) is 4.79 Å². The van der Waals surface area contributed by atoms with Gasteiger partial charge >= 0.3 is 0 Å². The lowest BCUT2D eigenvalue weighted by atomic mass is 10.0. The van der Waals surface area contributed by atoms with Crippen LogP contribution in [-0.4, -0.2) is 23.0 Å². The molecule has 1 aromatic heterocycles. The average Bonchev–Trinajstić information content (AvgIpc) is 2.68. The van der Waals surface area contributed by atoms with Gasteiger partial charge in [-0.3, -0.25) is 4.79 Å². The van der Waals surface area contributed by atoms with Gasteiger partial charge in [0.2, 0.25) is 0 Å². The Morgan fingerprint density at radius 3 is 2.27 bits per heavy atom. The normalized spacial score (nSPS) is 10.9. The number of nitrogens with zero attached hydrogens (tertiary/aromatic N) is 2. The van der Waals surface area contributed by atoms with Gasteiger partial charge in [0, 0.05) is 18.0 Å². The molecule has 0 saturated heterocycles. The minimum atomic E-state index is -0.102. The molecule has 0 aliphatic rings. The van der Waals surface area contributed by atoms with Crippen molar-refractivity contribution in [2.75, 3.05) is 13.2 Å². The SMILES string of the molecule is CCCOc1ccc(-c2nn(C)c(=O)c3ccccc23)cc1OCCC. The van der Waals surface area contributed by atoms with Gasteiger partial charge in [-0.25, -0.2) is 4.68 Å². The molecular formula is C21H24N2O3. The van der Waals surface area contributed by atoms with Crippen LogP contribution >= 0.6 is 0 Å². The van der Waals surface area contributed by atoms with Crippen LogP contribution in [-0.2, 0) is 7.05 Å². The lowest BCUT2D eigenvalue weighted by Gasteiger charge is -2.14. The molecule has 136 valence electrons. The van der Waals surface area contributed by atoms with Gasteiger partial charge in [0.15, 0.2) is 11.5 Å². The van der Waals surface area contributed by atoms with Crippen molar-refractivity contribution < 1.29 is 9.47 Å². The van der Waals surface area contributed by atoms with Crippen molar-refractivity contribution in [1.82, 2.24) is 9.78 Å². The molecule has 0 aliphatic carbocycles. The Kier molecular flexibility index (Phi) is 5.56. The van der Waals surface area contributed by atoms with Crippen LogP contribution in [0.5, 0.6) is 11.5 Å². The first-order valence-electron chi connectivity index (χ1n) is 9.01. The fraction of sp³-hybridized carbons (Fsp3) is 0.333. The maximum atomic E-state index is 12.3. The van der Waals surface area contributed by atoms with E-state index in [0.717, 1.165) is 35.2 Å². The summed E-state index contributed by atoms with van der Waals surface area (Å²) < 4.78 is 13.1. The molecule has 0 atom stereocenters. The molecule has 26 heavy (non-hydrogen) atoms. The van der Waals surface area contributed by atoms with Crippen LogP contribution < -0.4 is 15.0 Å². The van der Waals surface area contributed by atoms with Crippen LogP contribution in [0, 0.1) is 0 Å². The first kappa shape index (κ1) is 18.0. The third kappa shape index (κ3) is 3.57. The summed E-state index contributed by atoms with van der Waals surface area (Å²) in [4.78, 5) is 12.3. The van der Waals surface area contributed by atoms with Gasteiger partial charge in [-0.05, 0) is 37.1 Å². The average molecular weight is 352 g/mol. The van der Waals surface area contributed by atoms with E-state index in [-0.39, 0.29) is 5.56 Å². The lowest BCUT2D eigenvalue weighted by Crippen LogP contribution is -2.20. The molecule has 0 radical (unpaired) electrons. The van der Waals surface area contributed by atoms with Crippen LogP contribution in [0.3, 0.4) is 0 Å². The molecule has 3 aromatic rings. The van der Waals surface area contributed by atoms with Gasteiger partial charge in [0.05, 0.1) is 24.3 Å². The van der Waals surface area contributed by atoms with Crippen molar-refractivity contribution in [2.45, 2.75) is 26.7 Å². The van der Waals surface area contributed by atoms with Crippen molar-refractivity contribution in [1.29, 1.82) is 0 Å². The van der Waals surface area contributed by atoms with E-state index in [2.05, 4.69) is 18.9 Å². The van der Waals surface area contributed by atoms with Crippen LogP contribution in [0.1, 0.15) is 26.7 Å². The van der Waals surface area contributed by atoms with E-state index < -0.39 is 0 Å². The second kappa shape index (κ2) is 8.04. The molecule has 0 bridgehead atoms. The highest BCUT2D eigenvalue weighted by Crippen LogP contribution is 2.34. The number of ether oxygens (including phenoxy) is 2. The van der Waals surface area contributed by atoms with Crippen LogP contribution in [0.4, 0.5) is 0 Å². The molecule has 3 rings (SSSR count). The van der Waals surface area contributed by atoms with E-state index >= 15 is 0 Å². The topological polar surface area (TPSA) is 53.4 Å². The summed E-state index contributed by atoms with van der Waals surface area (Å²) in [5.41, 5.74) is 1.55. The van der Waals surface area contributed by atoms with E-state index in [0.29, 0.717) is 24.3 Å². The summed E-state index contributed by atoms with van der Waals surface area (Å²) in [5.74, 6) is 1.44. The van der Waals surface area contributed by atoms with Gasteiger partial charge in [0.25, 0.3) is 5.56 Å². The zero-order valence-electron chi connectivity index (χ0n) is 15.5. The van der Waals surface area contributed by atoms with Crippen LogP contribution in [0.25, 0.3) is 22.0 Å². The van der Waals surface area contributed by atoms with Crippen molar-refractivity contribution in [3.8, 4) is 22.8 Å². The Morgan fingerprint density at radius 1 is 0.923 bits per heavy atom. The number of aryl methyl sites for hydroxylation is 1. The third-order valence-electron chi connectivity index (χ3n) is 4.10. The molecule has 5 heteroatoms. The monoisotopic (exact) mass is 352 g/mol. The highest BCUT2D eigenvalue weighted by Gasteiger charge is 2.13. The minimum Gasteiger partial charge on any atom is -0.490 e. The molecule has 0 amide bonds. The number of hydrogen-bond donors (Lipinski definition) is 0. The predicted octanol–water partition coefficient (Wildman–Crippen LogP) is 4.18. The minimum absolute atomic E-state index is 0.102. The molecule has 0 unspecified atom stereocenters. The molecule has 2 aromatic carbocycles. The van der Waals surface area contributed by atoms with E-state index in [1.54, 1.807) is 7.05 Å². The third-order valence-corrected chi connectivity index (χ3v) is 4.10. The second-order valence-corrected chi connectivity index (χ2v) is 6.18. The Bertz CT molecular complexity index is 963. The molecular weight excluding hydrogens is 328 g/mol. The highest BCUT2D eigenvalue weighted by molar-refractivity contribution is 5.94. The van der Waals surface area contributed by atoms with Gasteiger partial charge in [-0.1, -0.05) is 32.0 Å². The molecule has 1 heterocycles. The summed E-state index contributed by atoms with van der Waals surface area (Å²) in [7, 11) is 1.67. The number of benzene rings is 2. The van der Waals surface area contributed by atoms with Crippen molar-refractivity contribution in [3.63, 3.8) is 0 Å². The molecule has 0 saturated carbocycles. The fourth-order valence-electron chi connectivity index (χ4n) is 2.82. The molecule has 0 spiro atoms. The Labute approximate surface area is 153 Å². The molecule has 0 aliphatic heterocycles. The highest BCUT2D eigenvalue weighted by atomic mass is 16.5. The summed E-state index contributed by atoms with van der Waals surface area (Å²) in [5, 5.41) is 5.98. The lowest BCUT2D eigenvalue weighted by molar-refractivity contribution is 0.268. The first-order valence-corrected chi connectivity index (χ1v) is 9.01. The summed E-state index contributed by atoms with van der Waals surface area (Å²) in [6.45, 7) is 5.40. The maximum absolute atomic E-state index is 12.3. The zero-order chi connectivity index (χ0) is 18.5. The smallest absolute Gasteiger partial charge is 0.274 e. The van der Waals surface area contributed by atoms with Crippen LogP contribution in [0.2, 0.25) is 0 Å². The predicted molar refractivity (Wildman–Crippen MR) is 104 cm³/mol. The van der Waals surface area contributed by atoms with E-state index in [1.807, 2.05) is 42.5 Å². The quantitative estimate of drug-likeness (QED) is 0.640. The largest absolute Gasteiger partial charge is 0.490 e. The summed E-state index contributed by atoms with van der Waals surface area (Å²) in [6, 6.07) is 13.4. The number of fused-ring (bicyclic) bond motifs is 1. The Morgan fingerprint density at radius 2 is 1.58 bits per heavy atom. The van der Waals surface area contributed by atoms with Crippen LogP contribution in [0.15, 0.2) is 47.3 Å². The maximum Gasteiger partial charge on any atom is 0.274 e.